The van der Waals surface area contributed by atoms with Gasteiger partial charge in [-0.25, -0.2) is 9.78 Å². The Labute approximate surface area is 180 Å². The number of nitrogens with zero attached hydrogens (tertiary/aromatic N) is 1. The number of fused-ring (bicyclic) bond motifs is 1. The number of carbonyl (C=O) groups excluding carboxylic acids is 2. The Bertz CT molecular complexity index is 1130. The molecule has 0 unspecified atom stereocenters. The summed E-state index contributed by atoms with van der Waals surface area (Å²) in [5.74, 6) is -0.186. The number of aromatic nitrogens is 2. The summed E-state index contributed by atoms with van der Waals surface area (Å²) in [7, 11) is 1.76. The van der Waals surface area contributed by atoms with Crippen molar-refractivity contribution in [1.29, 1.82) is 5.41 Å². The van der Waals surface area contributed by atoms with E-state index in [0.717, 1.165) is 18.4 Å². The first-order chi connectivity index (χ1) is 15.1. The summed E-state index contributed by atoms with van der Waals surface area (Å²) in [6.07, 6.45) is 8.12. The lowest BCUT2D eigenvalue weighted by Crippen LogP contribution is -2.29. The summed E-state index contributed by atoms with van der Waals surface area (Å²) in [6, 6.07) is 8.38. The molecule has 31 heavy (non-hydrogen) atoms. The van der Waals surface area contributed by atoms with Crippen LogP contribution in [0.15, 0.2) is 48.9 Å². The second kappa shape index (κ2) is 10.2. The zero-order valence-electron chi connectivity index (χ0n) is 17.6. The number of rotatable bonds is 9. The van der Waals surface area contributed by atoms with Crippen LogP contribution in [0.2, 0.25) is 0 Å². The zero-order valence-corrected chi connectivity index (χ0v) is 17.6. The highest BCUT2D eigenvalue weighted by Crippen LogP contribution is 2.24. The van der Waals surface area contributed by atoms with E-state index in [0.29, 0.717) is 40.0 Å². The van der Waals surface area contributed by atoms with E-state index in [1.54, 1.807) is 49.9 Å². The number of hydrogen-bond acceptors (Lipinski definition) is 5. The van der Waals surface area contributed by atoms with Gasteiger partial charge in [0.15, 0.2) is 5.78 Å². The number of carbonyl (C=O) groups is 2. The predicted octanol–water partition coefficient (Wildman–Crippen LogP) is 3.93. The van der Waals surface area contributed by atoms with Gasteiger partial charge in [-0.05, 0) is 24.6 Å². The van der Waals surface area contributed by atoms with Gasteiger partial charge in [-0.15, -0.1) is 0 Å². The van der Waals surface area contributed by atoms with Crippen molar-refractivity contribution >= 4 is 40.3 Å². The Hall–Kier alpha value is -3.94. The Morgan fingerprint density at radius 2 is 2.06 bits per heavy atom. The van der Waals surface area contributed by atoms with E-state index < -0.39 is 0 Å². The zero-order chi connectivity index (χ0) is 22.2. The number of H-pyrrole nitrogens is 1. The molecule has 3 aromatic rings. The van der Waals surface area contributed by atoms with Gasteiger partial charge in [-0.2, -0.15) is 0 Å². The Balaban J connectivity index is 1.86. The van der Waals surface area contributed by atoms with Gasteiger partial charge in [0.05, 0.1) is 0 Å². The maximum Gasteiger partial charge on any atom is 0.319 e. The van der Waals surface area contributed by atoms with E-state index in [2.05, 4.69) is 32.8 Å². The summed E-state index contributed by atoms with van der Waals surface area (Å²) in [5, 5.41) is 16.7. The second-order valence-electron chi connectivity index (χ2n) is 7.00. The minimum atomic E-state index is -0.297. The van der Waals surface area contributed by atoms with E-state index >= 15 is 0 Å². The number of anilines is 1. The third-order valence-corrected chi connectivity index (χ3v) is 4.76. The third kappa shape index (κ3) is 5.16. The molecule has 0 aliphatic carbocycles. The van der Waals surface area contributed by atoms with Crippen LogP contribution in [0.3, 0.4) is 0 Å². The predicted molar refractivity (Wildman–Crippen MR) is 124 cm³/mol. The van der Waals surface area contributed by atoms with Gasteiger partial charge in [0.2, 0.25) is 0 Å². The van der Waals surface area contributed by atoms with Crippen LogP contribution in [0.1, 0.15) is 41.3 Å². The topological polar surface area (TPSA) is 123 Å². The van der Waals surface area contributed by atoms with Gasteiger partial charge in [0.25, 0.3) is 0 Å². The Morgan fingerprint density at radius 1 is 1.23 bits per heavy atom. The molecule has 2 aromatic heterocycles. The highest BCUT2D eigenvalue weighted by atomic mass is 16.2. The second-order valence-corrected chi connectivity index (χ2v) is 7.00. The summed E-state index contributed by atoms with van der Waals surface area (Å²) in [4.78, 5) is 32.6. The van der Waals surface area contributed by atoms with Gasteiger partial charge in [-0.1, -0.05) is 25.5 Å². The summed E-state index contributed by atoms with van der Waals surface area (Å²) < 4.78 is 0. The average Bonchev–Trinajstić information content (AvgIpc) is 3.20. The van der Waals surface area contributed by atoms with E-state index in [4.69, 9.17) is 5.41 Å². The number of pyridine rings is 1. The Morgan fingerprint density at radius 3 is 2.81 bits per heavy atom. The molecule has 0 saturated heterocycles. The normalized spacial score (nSPS) is 11.2. The highest BCUT2D eigenvalue weighted by Gasteiger charge is 2.16. The van der Waals surface area contributed by atoms with E-state index in [9.17, 15) is 9.59 Å². The van der Waals surface area contributed by atoms with Gasteiger partial charge < -0.3 is 26.3 Å². The standard InChI is InChI=1S/C23H26N6O2/c1-3-4-8-26-23(31)29-18-7-5-6-15(9-18)21(30)20-14-28-22-19(20)10-16(13-27-22)17(11-24)12-25-2/h5-7,9-14,24-25H,3-4,8H2,1-2H3,(H,27,28)(H2,26,29,31)/b17-12+,24-11?. The fourth-order valence-electron chi connectivity index (χ4n) is 3.16. The van der Waals surface area contributed by atoms with E-state index in [-0.39, 0.29) is 11.8 Å². The fourth-order valence-corrected chi connectivity index (χ4v) is 3.16. The van der Waals surface area contributed by atoms with Crippen LogP contribution in [0.5, 0.6) is 0 Å². The SMILES string of the molecule is CCCCNC(=O)Nc1cccc(C(=O)c2c[nH]c3ncc(/C(C=N)=C/NC)cc23)c1. The van der Waals surface area contributed by atoms with Crippen molar-refractivity contribution in [3.05, 3.63) is 65.6 Å². The van der Waals surface area contributed by atoms with Crippen molar-refractivity contribution in [3.63, 3.8) is 0 Å². The van der Waals surface area contributed by atoms with Crippen LogP contribution in [-0.2, 0) is 0 Å². The first kappa shape index (κ1) is 21.8. The monoisotopic (exact) mass is 418 g/mol. The molecule has 0 radical (unpaired) electrons. The summed E-state index contributed by atoms with van der Waals surface area (Å²) in [5.41, 5.74) is 3.44. The number of urea groups is 1. The van der Waals surface area contributed by atoms with Crippen molar-refractivity contribution in [2.45, 2.75) is 19.8 Å². The first-order valence-electron chi connectivity index (χ1n) is 10.1. The number of allylic oxidation sites excluding steroid dienone is 1. The highest BCUT2D eigenvalue weighted by molar-refractivity contribution is 6.17. The molecule has 2 heterocycles. The van der Waals surface area contributed by atoms with Gasteiger partial charge >= 0.3 is 6.03 Å². The molecule has 0 spiro atoms. The van der Waals surface area contributed by atoms with Gasteiger partial charge in [-0.3, -0.25) is 4.79 Å². The van der Waals surface area contributed by atoms with Gasteiger partial charge in [0, 0.05) is 71.7 Å². The summed E-state index contributed by atoms with van der Waals surface area (Å²) in [6.45, 7) is 2.66. The number of hydrogen-bond donors (Lipinski definition) is 5. The average molecular weight is 419 g/mol. The van der Waals surface area contributed by atoms with E-state index in [1.807, 2.05) is 6.07 Å². The molecule has 0 bridgehead atoms. The van der Waals surface area contributed by atoms with Crippen molar-refractivity contribution in [1.82, 2.24) is 20.6 Å². The molecule has 0 saturated carbocycles. The molecule has 0 fully saturated rings. The molecule has 3 rings (SSSR count). The van der Waals surface area contributed by atoms with Crippen LogP contribution in [0.4, 0.5) is 10.5 Å². The Kier molecular flexibility index (Phi) is 7.16. The lowest BCUT2D eigenvalue weighted by Gasteiger charge is -2.08. The van der Waals surface area contributed by atoms with Gasteiger partial charge in [0.1, 0.15) is 5.65 Å². The lowest BCUT2D eigenvalue weighted by molar-refractivity contribution is 0.104. The van der Waals surface area contributed by atoms with Crippen LogP contribution >= 0.6 is 0 Å². The van der Waals surface area contributed by atoms with Crippen LogP contribution in [-0.4, -0.2) is 41.6 Å². The van der Waals surface area contributed by atoms with Crippen LogP contribution in [0.25, 0.3) is 16.6 Å². The number of benzene rings is 1. The molecular weight excluding hydrogens is 392 g/mol. The largest absolute Gasteiger partial charge is 0.393 e. The van der Waals surface area contributed by atoms with Crippen molar-refractivity contribution in [2.75, 3.05) is 18.9 Å². The number of aromatic amines is 1. The minimum Gasteiger partial charge on any atom is -0.393 e. The smallest absolute Gasteiger partial charge is 0.319 e. The number of nitrogens with one attached hydrogen (secondary N) is 5. The number of amides is 2. The maximum atomic E-state index is 13.2. The molecule has 8 heteroatoms. The molecule has 160 valence electrons. The molecule has 2 amide bonds. The van der Waals surface area contributed by atoms with Crippen molar-refractivity contribution in [3.8, 4) is 0 Å². The number of ketones is 1. The quantitative estimate of drug-likeness (QED) is 0.205. The fraction of sp³-hybridized carbons (Fsp3) is 0.217. The molecule has 0 aliphatic rings. The van der Waals surface area contributed by atoms with Crippen molar-refractivity contribution < 1.29 is 9.59 Å². The first-order valence-corrected chi connectivity index (χ1v) is 10.1. The molecular formula is C23H26N6O2. The molecule has 0 aliphatic heterocycles. The third-order valence-electron chi connectivity index (χ3n) is 4.76. The molecule has 8 nitrogen and oxygen atoms in total. The summed E-state index contributed by atoms with van der Waals surface area (Å²) >= 11 is 0. The van der Waals surface area contributed by atoms with Crippen LogP contribution < -0.4 is 16.0 Å². The lowest BCUT2D eigenvalue weighted by atomic mass is 10.0. The van der Waals surface area contributed by atoms with Crippen LogP contribution in [0, 0.1) is 5.41 Å². The number of unbranched alkanes of at least 4 members (excludes halogenated alkanes) is 1. The van der Waals surface area contributed by atoms with Crippen molar-refractivity contribution in [2.24, 2.45) is 0 Å². The van der Waals surface area contributed by atoms with E-state index in [1.165, 1.54) is 6.21 Å². The molecule has 1 aromatic carbocycles. The maximum absolute atomic E-state index is 13.2. The minimum absolute atomic E-state index is 0.186. The molecule has 5 N–H and O–H groups in total. The molecule has 0 atom stereocenters.